The van der Waals surface area contributed by atoms with E-state index in [2.05, 4.69) is 5.32 Å². The molecule has 0 fully saturated rings. The van der Waals surface area contributed by atoms with Crippen LogP contribution in [0.4, 0.5) is 5.69 Å². The molecule has 0 radical (unpaired) electrons. The van der Waals surface area contributed by atoms with E-state index >= 15 is 0 Å². The van der Waals surface area contributed by atoms with Gasteiger partial charge in [0.25, 0.3) is 5.69 Å². The molecule has 0 aromatic heterocycles. The van der Waals surface area contributed by atoms with Crippen molar-refractivity contribution in [1.82, 2.24) is 5.32 Å². The van der Waals surface area contributed by atoms with E-state index < -0.39 is 11.0 Å². The smallest absolute Gasteiger partial charge is 0.269 e. The first-order chi connectivity index (χ1) is 11.0. The first-order valence-corrected chi connectivity index (χ1v) is 7.27. The Hall–Kier alpha value is -2.44. The lowest BCUT2D eigenvalue weighted by molar-refractivity contribution is -0.384. The number of rotatable bonds is 6. The van der Waals surface area contributed by atoms with Gasteiger partial charge in [-0.1, -0.05) is 41.9 Å². The molecule has 120 valence electrons. The van der Waals surface area contributed by atoms with Crippen LogP contribution in [0.3, 0.4) is 0 Å². The van der Waals surface area contributed by atoms with Crippen LogP contribution in [0.1, 0.15) is 17.2 Å². The van der Waals surface area contributed by atoms with E-state index in [1.807, 2.05) is 0 Å². The highest BCUT2D eigenvalue weighted by Gasteiger charge is 2.13. The van der Waals surface area contributed by atoms with Gasteiger partial charge in [-0.3, -0.25) is 14.9 Å². The molecule has 1 atom stereocenters. The molecule has 0 spiro atoms. The number of halogens is 1. The minimum absolute atomic E-state index is 0.0247. The van der Waals surface area contributed by atoms with Crippen molar-refractivity contribution in [3.8, 4) is 0 Å². The summed E-state index contributed by atoms with van der Waals surface area (Å²) < 4.78 is 0. The van der Waals surface area contributed by atoms with Crippen molar-refractivity contribution >= 4 is 23.2 Å². The van der Waals surface area contributed by atoms with Crippen LogP contribution in [0, 0.1) is 10.1 Å². The molecule has 2 N–H and O–H groups in total. The van der Waals surface area contributed by atoms with E-state index in [0.29, 0.717) is 16.1 Å². The van der Waals surface area contributed by atoms with E-state index in [9.17, 15) is 20.0 Å². The zero-order chi connectivity index (χ0) is 16.8. The zero-order valence-electron chi connectivity index (χ0n) is 12.1. The van der Waals surface area contributed by atoms with Crippen molar-refractivity contribution in [2.75, 3.05) is 6.54 Å². The number of hydrogen-bond acceptors (Lipinski definition) is 4. The molecular weight excluding hydrogens is 320 g/mol. The number of aliphatic hydroxyl groups excluding tert-OH is 1. The van der Waals surface area contributed by atoms with Crippen LogP contribution in [0.5, 0.6) is 0 Å². The van der Waals surface area contributed by atoms with Gasteiger partial charge in [0.05, 0.1) is 17.4 Å². The molecule has 1 unspecified atom stereocenters. The van der Waals surface area contributed by atoms with Crippen molar-refractivity contribution < 1.29 is 14.8 Å². The number of non-ortho nitro benzene ring substituents is 1. The Morgan fingerprint density at radius 2 is 1.87 bits per heavy atom. The molecule has 23 heavy (non-hydrogen) atoms. The largest absolute Gasteiger partial charge is 0.387 e. The standard InChI is InChI=1S/C16H15ClN2O4/c17-14-4-2-1-3-13(14)15(20)10-18-16(21)9-11-5-7-12(8-6-11)19(22)23/h1-8,15,20H,9-10H2,(H,18,21). The fraction of sp³-hybridized carbons (Fsp3) is 0.188. The van der Waals surface area contributed by atoms with Crippen LogP contribution in [0.15, 0.2) is 48.5 Å². The zero-order valence-corrected chi connectivity index (χ0v) is 12.9. The molecule has 1 amide bonds. The minimum atomic E-state index is -0.899. The number of nitrogens with one attached hydrogen (secondary N) is 1. The molecule has 0 saturated carbocycles. The normalized spacial score (nSPS) is 11.7. The third kappa shape index (κ3) is 4.77. The second-order valence-electron chi connectivity index (χ2n) is 4.94. The number of hydrogen-bond donors (Lipinski definition) is 2. The lowest BCUT2D eigenvalue weighted by Crippen LogP contribution is -2.29. The summed E-state index contributed by atoms with van der Waals surface area (Å²) in [6.07, 6.45) is -0.822. The average molecular weight is 335 g/mol. The maximum atomic E-state index is 11.9. The van der Waals surface area contributed by atoms with E-state index in [1.165, 1.54) is 24.3 Å². The van der Waals surface area contributed by atoms with Crippen molar-refractivity contribution in [2.24, 2.45) is 0 Å². The Morgan fingerprint density at radius 1 is 1.22 bits per heavy atom. The molecule has 2 aromatic carbocycles. The lowest BCUT2D eigenvalue weighted by Gasteiger charge is -2.13. The molecule has 0 aliphatic carbocycles. The number of amides is 1. The van der Waals surface area contributed by atoms with Crippen molar-refractivity contribution in [1.29, 1.82) is 0 Å². The summed E-state index contributed by atoms with van der Waals surface area (Å²) in [5, 5.41) is 23.6. The Bertz CT molecular complexity index is 703. The molecule has 0 saturated heterocycles. The van der Waals surface area contributed by atoms with E-state index in [0.717, 1.165) is 0 Å². The van der Waals surface area contributed by atoms with Crippen molar-refractivity contribution in [3.05, 3.63) is 74.8 Å². The highest BCUT2D eigenvalue weighted by molar-refractivity contribution is 6.31. The minimum Gasteiger partial charge on any atom is -0.387 e. The summed E-state index contributed by atoms with van der Waals surface area (Å²) in [7, 11) is 0. The monoisotopic (exact) mass is 334 g/mol. The Labute approximate surface area is 137 Å². The second kappa shape index (κ2) is 7.71. The molecule has 7 heteroatoms. The number of nitro benzene ring substituents is 1. The lowest BCUT2D eigenvalue weighted by atomic mass is 10.1. The van der Waals surface area contributed by atoms with Gasteiger partial charge in [0, 0.05) is 29.3 Å². The first kappa shape index (κ1) is 16.9. The highest BCUT2D eigenvalue weighted by Crippen LogP contribution is 2.21. The van der Waals surface area contributed by atoms with Gasteiger partial charge < -0.3 is 10.4 Å². The van der Waals surface area contributed by atoms with Crippen molar-refractivity contribution in [2.45, 2.75) is 12.5 Å². The average Bonchev–Trinajstić information content (AvgIpc) is 2.53. The maximum Gasteiger partial charge on any atom is 0.269 e. The van der Waals surface area contributed by atoms with Gasteiger partial charge in [0.15, 0.2) is 0 Å². The van der Waals surface area contributed by atoms with Crippen LogP contribution in [0.25, 0.3) is 0 Å². The maximum absolute atomic E-state index is 11.9. The van der Waals surface area contributed by atoms with Crippen LogP contribution in [0.2, 0.25) is 5.02 Å². The molecule has 0 aliphatic rings. The quantitative estimate of drug-likeness (QED) is 0.627. The van der Waals surface area contributed by atoms with Crippen LogP contribution < -0.4 is 5.32 Å². The SMILES string of the molecule is O=C(Cc1ccc([N+](=O)[O-])cc1)NCC(O)c1ccccc1Cl. The van der Waals surface area contributed by atoms with Crippen LogP contribution in [-0.4, -0.2) is 22.5 Å². The summed E-state index contributed by atoms with van der Waals surface area (Å²) in [4.78, 5) is 21.9. The van der Waals surface area contributed by atoms with Crippen LogP contribution in [-0.2, 0) is 11.2 Å². The summed E-state index contributed by atoms with van der Waals surface area (Å²) in [6, 6.07) is 12.6. The number of nitrogens with zero attached hydrogens (tertiary/aromatic N) is 1. The molecular formula is C16H15ClN2O4. The summed E-state index contributed by atoms with van der Waals surface area (Å²) in [5.41, 5.74) is 1.17. The topological polar surface area (TPSA) is 92.5 Å². The molecule has 0 heterocycles. The van der Waals surface area contributed by atoms with Gasteiger partial charge in [0.2, 0.25) is 5.91 Å². The Kier molecular flexibility index (Phi) is 5.67. The summed E-state index contributed by atoms with van der Waals surface area (Å²) in [5.74, 6) is -0.287. The number of aliphatic hydroxyl groups is 1. The molecule has 0 bridgehead atoms. The fourth-order valence-electron chi connectivity index (χ4n) is 2.05. The third-order valence-electron chi connectivity index (χ3n) is 3.27. The molecule has 2 rings (SSSR count). The van der Waals surface area contributed by atoms with Crippen molar-refractivity contribution in [3.63, 3.8) is 0 Å². The van der Waals surface area contributed by atoms with Gasteiger partial charge in [-0.05, 0) is 11.6 Å². The highest BCUT2D eigenvalue weighted by atomic mass is 35.5. The summed E-state index contributed by atoms with van der Waals surface area (Å²) in [6.45, 7) is 0.0373. The molecule has 0 aliphatic heterocycles. The predicted octanol–water partition coefficient (Wildman–Crippen LogP) is 2.64. The third-order valence-corrected chi connectivity index (χ3v) is 3.61. The molecule has 2 aromatic rings. The van der Waals surface area contributed by atoms with Gasteiger partial charge >= 0.3 is 0 Å². The predicted molar refractivity (Wildman–Crippen MR) is 86.2 cm³/mol. The first-order valence-electron chi connectivity index (χ1n) is 6.90. The van der Waals surface area contributed by atoms with Gasteiger partial charge in [0.1, 0.15) is 0 Å². The van der Waals surface area contributed by atoms with E-state index in [1.54, 1.807) is 24.3 Å². The number of carbonyl (C=O) groups excluding carboxylic acids is 1. The van der Waals surface area contributed by atoms with Gasteiger partial charge in [-0.2, -0.15) is 0 Å². The Balaban J connectivity index is 1.87. The summed E-state index contributed by atoms with van der Waals surface area (Å²) >= 11 is 5.98. The van der Waals surface area contributed by atoms with Crippen LogP contribution >= 0.6 is 11.6 Å². The van der Waals surface area contributed by atoms with Gasteiger partial charge in [-0.15, -0.1) is 0 Å². The number of nitro groups is 1. The fourth-order valence-corrected chi connectivity index (χ4v) is 2.31. The van der Waals surface area contributed by atoms with E-state index in [-0.39, 0.29) is 24.6 Å². The number of carbonyl (C=O) groups is 1. The van der Waals surface area contributed by atoms with E-state index in [4.69, 9.17) is 11.6 Å². The molecule has 6 nitrogen and oxygen atoms in total. The second-order valence-corrected chi connectivity index (χ2v) is 5.35. The van der Waals surface area contributed by atoms with Gasteiger partial charge in [-0.25, -0.2) is 0 Å². The number of benzene rings is 2. The Morgan fingerprint density at radius 3 is 2.48 bits per heavy atom.